The molecule has 1 fully saturated rings. The number of nitrogens with one attached hydrogen (secondary N) is 2. The Morgan fingerprint density at radius 3 is 2.90 bits per heavy atom. The number of aromatic nitrogens is 3. The number of pyridine rings is 1. The summed E-state index contributed by atoms with van der Waals surface area (Å²) in [6, 6.07) is 11.9. The zero-order valence-corrected chi connectivity index (χ0v) is 16.7. The minimum absolute atomic E-state index is 0.186. The number of hydrogen-bond donors (Lipinski definition) is 2. The molecule has 3 aromatic rings. The summed E-state index contributed by atoms with van der Waals surface area (Å²) in [5.41, 5.74) is 2.88. The smallest absolute Gasteiger partial charge is 0.315 e. The van der Waals surface area contributed by atoms with Crippen LogP contribution in [0.5, 0.6) is 5.75 Å². The summed E-state index contributed by atoms with van der Waals surface area (Å²) < 4.78 is 7.50. The number of amides is 2. The van der Waals surface area contributed by atoms with Gasteiger partial charge in [0.15, 0.2) is 5.65 Å². The van der Waals surface area contributed by atoms with Gasteiger partial charge in [-0.1, -0.05) is 25.0 Å². The van der Waals surface area contributed by atoms with Crippen molar-refractivity contribution in [3.05, 3.63) is 54.0 Å². The monoisotopic (exact) mass is 393 g/mol. The molecule has 2 N–H and O–H groups in total. The van der Waals surface area contributed by atoms with Gasteiger partial charge in [-0.25, -0.2) is 14.8 Å². The molecule has 0 spiro atoms. The number of fused-ring (bicyclic) bond motifs is 1. The molecule has 1 aliphatic carbocycles. The number of imidazole rings is 1. The highest BCUT2D eigenvalue weighted by Gasteiger charge is 2.23. The van der Waals surface area contributed by atoms with Gasteiger partial charge in [-0.3, -0.25) is 0 Å². The van der Waals surface area contributed by atoms with E-state index in [4.69, 9.17) is 9.72 Å². The van der Waals surface area contributed by atoms with E-state index in [0.29, 0.717) is 25.6 Å². The summed E-state index contributed by atoms with van der Waals surface area (Å²) in [7, 11) is 1.63. The fourth-order valence-electron chi connectivity index (χ4n) is 4.01. The molecule has 1 aliphatic rings. The van der Waals surface area contributed by atoms with Crippen LogP contribution in [0.3, 0.4) is 0 Å². The summed E-state index contributed by atoms with van der Waals surface area (Å²) in [6.45, 7) is 0.980. The Kier molecular flexibility index (Phi) is 5.93. The second-order valence-corrected chi connectivity index (χ2v) is 7.39. The molecule has 1 saturated carbocycles. The fourth-order valence-corrected chi connectivity index (χ4v) is 4.01. The number of methoxy groups -OCH3 is 1. The number of urea groups is 1. The zero-order chi connectivity index (χ0) is 20.1. The molecular formula is C22H27N5O2. The molecule has 2 amide bonds. The Bertz CT molecular complexity index is 978. The maximum absolute atomic E-state index is 12.2. The van der Waals surface area contributed by atoms with E-state index in [0.717, 1.165) is 28.3 Å². The largest absolute Gasteiger partial charge is 0.497 e. The predicted octanol–water partition coefficient (Wildman–Crippen LogP) is 3.60. The predicted molar refractivity (Wildman–Crippen MR) is 112 cm³/mol. The second-order valence-electron chi connectivity index (χ2n) is 7.39. The van der Waals surface area contributed by atoms with Gasteiger partial charge in [0.05, 0.1) is 7.11 Å². The molecule has 0 aliphatic heterocycles. The van der Waals surface area contributed by atoms with Crippen molar-refractivity contribution in [2.24, 2.45) is 0 Å². The first-order valence-corrected chi connectivity index (χ1v) is 10.2. The van der Waals surface area contributed by atoms with Crippen LogP contribution in [0.15, 0.2) is 42.6 Å². The number of ether oxygens (including phenoxy) is 1. The summed E-state index contributed by atoms with van der Waals surface area (Å²) >= 11 is 0. The van der Waals surface area contributed by atoms with Gasteiger partial charge in [0.25, 0.3) is 0 Å². The zero-order valence-electron chi connectivity index (χ0n) is 16.7. The standard InChI is InChI=1S/C22H27N5O2/c1-29-18-9-4-6-16(14-18)15-25-22(28)24-13-11-20-26-19-10-5-12-23-21(19)27(20)17-7-2-3-8-17/h4-6,9-10,12,14,17H,2-3,7-8,11,13,15H2,1H3,(H2,24,25,28). The van der Waals surface area contributed by atoms with E-state index in [1.807, 2.05) is 42.6 Å². The van der Waals surface area contributed by atoms with Crippen LogP contribution >= 0.6 is 0 Å². The quantitative estimate of drug-likeness (QED) is 0.643. The molecule has 4 rings (SSSR count). The number of carbonyl (C=O) groups is 1. The van der Waals surface area contributed by atoms with Gasteiger partial charge in [-0.15, -0.1) is 0 Å². The molecule has 7 nitrogen and oxygen atoms in total. The molecule has 0 atom stereocenters. The van der Waals surface area contributed by atoms with Crippen molar-refractivity contribution in [3.63, 3.8) is 0 Å². The average molecular weight is 393 g/mol. The van der Waals surface area contributed by atoms with E-state index >= 15 is 0 Å². The van der Waals surface area contributed by atoms with Gasteiger partial charge < -0.3 is 19.9 Å². The Balaban J connectivity index is 1.34. The van der Waals surface area contributed by atoms with Crippen molar-refractivity contribution in [1.29, 1.82) is 0 Å². The molecular weight excluding hydrogens is 366 g/mol. The highest BCUT2D eigenvalue weighted by molar-refractivity contribution is 5.74. The molecule has 0 unspecified atom stereocenters. The molecule has 152 valence electrons. The molecule has 7 heteroatoms. The maximum atomic E-state index is 12.2. The third-order valence-corrected chi connectivity index (χ3v) is 5.43. The topological polar surface area (TPSA) is 81.1 Å². The van der Waals surface area contributed by atoms with Crippen molar-refractivity contribution in [1.82, 2.24) is 25.2 Å². The SMILES string of the molecule is COc1cccc(CNC(=O)NCCc2nc3cccnc3n2C2CCCC2)c1. The molecule has 2 heterocycles. The summed E-state index contributed by atoms with van der Waals surface area (Å²) in [5, 5.41) is 5.82. The van der Waals surface area contributed by atoms with Gasteiger partial charge in [-0.2, -0.15) is 0 Å². The normalized spacial score (nSPS) is 14.2. The first-order chi connectivity index (χ1) is 14.2. The van der Waals surface area contributed by atoms with Crippen molar-refractivity contribution in [2.75, 3.05) is 13.7 Å². The molecule has 0 bridgehead atoms. The minimum atomic E-state index is -0.186. The van der Waals surface area contributed by atoms with Crippen LogP contribution in [0.2, 0.25) is 0 Å². The van der Waals surface area contributed by atoms with E-state index in [-0.39, 0.29) is 6.03 Å². The molecule has 0 saturated heterocycles. The van der Waals surface area contributed by atoms with Crippen LogP contribution in [-0.4, -0.2) is 34.2 Å². The molecule has 2 aromatic heterocycles. The van der Waals surface area contributed by atoms with Crippen LogP contribution in [-0.2, 0) is 13.0 Å². The van der Waals surface area contributed by atoms with Crippen LogP contribution in [0.1, 0.15) is 43.1 Å². The van der Waals surface area contributed by atoms with Crippen LogP contribution in [0.4, 0.5) is 4.79 Å². The summed E-state index contributed by atoms with van der Waals surface area (Å²) in [5.74, 6) is 1.78. The second kappa shape index (κ2) is 8.94. The summed E-state index contributed by atoms with van der Waals surface area (Å²) in [6.07, 6.45) is 7.35. The first-order valence-electron chi connectivity index (χ1n) is 10.2. The Morgan fingerprint density at radius 2 is 2.07 bits per heavy atom. The third-order valence-electron chi connectivity index (χ3n) is 5.43. The van der Waals surface area contributed by atoms with Crippen molar-refractivity contribution >= 4 is 17.2 Å². The first kappa shape index (κ1) is 19.2. The number of rotatable bonds is 7. The van der Waals surface area contributed by atoms with Gasteiger partial charge in [-0.05, 0) is 42.7 Å². The maximum Gasteiger partial charge on any atom is 0.315 e. The van der Waals surface area contributed by atoms with Gasteiger partial charge in [0.1, 0.15) is 17.1 Å². The number of hydrogen-bond acceptors (Lipinski definition) is 4. The van der Waals surface area contributed by atoms with Crippen LogP contribution in [0.25, 0.3) is 11.2 Å². The van der Waals surface area contributed by atoms with Crippen LogP contribution in [0, 0.1) is 0 Å². The highest BCUT2D eigenvalue weighted by Crippen LogP contribution is 2.33. The lowest BCUT2D eigenvalue weighted by Crippen LogP contribution is -2.36. The molecule has 29 heavy (non-hydrogen) atoms. The van der Waals surface area contributed by atoms with Gasteiger partial charge in [0.2, 0.25) is 0 Å². The van der Waals surface area contributed by atoms with Crippen LogP contribution < -0.4 is 15.4 Å². The third kappa shape index (κ3) is 4.50. The van der Waals surface area contributed by atoms with E-state index in [9.17, 15) is 4.79 Å². The lowest BCUT2D eigenvalue weighted by atomic mass is 10.2. The molecule has 1 aromatic carbocycles. The Labute approximate surface area is 170 Å². The van der Waals surface area contributed by atoms with Gasteiger partial charge in [0, 0.05) is 31.7 Å². The minimum Gasteiger partial charge on any atom is -0.497 e. The van der Waals surface area contributed by atoms with Gasteiger partial charge >= 0.3 is 6.03 Å². The average Bonchev–Trinajstić information content (AvgIpc) is 3.39. The Hall–Kier alpha value is -3.09. The lowest BCUT2D eigenvalue weighted by molar-refractivity contribution is 0.240. The van der Waals surface area contributed by atoms with E-state index in [1.54, 1.807) is 7.11 Å². The number of carbonyl (C=O) groups excluding carboxylic acids is 1. The van der Waals surface area contributed by atoms with E-state index in [2.05, 4.69) is 20.2 Å². The highest BCUT2D eigenvalue weighted by atomic mass is 16.5. The summed E-state index contributed by atoms with van der Waals surface area (Å²) in [4.78, 5) is 21.5. The number of nitrogens with zero attached hydrogens (tertiary/aromatic N) is 3. The van der Waals surface area contributed by atoms with E-state index < -0.39 is 0 Å². The van der Waals surface area contributed by atoms with Crippen molar-refractivity contribution in [2.45, 2.75) is 44.7 Å². The van der Waals surface area contributed by atoms with Crippen molar-refractivity contribution < 1.29 is 9.53 Å². The molecule has 0 radical (unpaired) electrons. The van der Waals surface area contributed by atoms with E-state index in [1.165, 1.54) is 25.7 Å². The number of benzene rings is 1. The van der Waals surface area contributed by atoms with Crippen molar-refractivity contribution in [3.8, 4) is 5.75 Å². The lowest BCUT2D eigenvalue weighted by Gasteiger charge is -2.16. The Morgan fingerprint density at radius 1 is 1.21 bits per heavy atom. The fraction of sp³-hybridized carbons (Fsp3) is 0.409.